The van der Waals surface area contributed by atoms with Crippen LogP contribution in [0.2, 0.25) is 0 Å². The fourth-order valence-electron chi connectivity index (χ4n) is 0.831. The van der Waals surface area contributed by atoms with Gasteiger partial charge in [0.1, 0.15) is 5.82 Å². The molecule has 0 aliphatic carbocycles. The van der Waals surface area contributed by atoms with Crippen LogP contribution in [0.15, 0.2) is 18.3 Å². The van der Waals surface area contributed by atoms with Crippen LogP contribution >= 0.6 is 0 Å². The van der Waals surface area contributed by atoms with Crippen LogP contribution in [0.3, 0.4) is 0 Å². The largest absolute Gasteiger partial charge is 0.373 e. The Bertz CT molecular complexity index is 189. The minimum atomic E-state index is 0.944. The van der Waals surface area contributed by atoms with Crippen molar-refractivity contribution in [2.75, 3.05) is 12.4 Å². The number of pyridine rings is 1. The van der Waals surface area contributed by atoms with Crippen molar-refractivity contribution in [2.45, 2.75) is 27.2 Å². The van der Waals surface area contributed by atoms with Crippen molar-refractivity contribution >= 4 is 5.82 Å². The number of nitrogens with one attached hydrogen (secondary N) is 1. The second kappa shape index (κ2) is 6.65. The summed E-state index contributed by atoms with van der Waals surface area (Å²) in [5.74, 6) is 0.944. The van der Waals surface area contributed by atoms with E-state index in [-0.39, 0.29) is 0 Å². The van der Waals surface area contributed by atoms with Crippen molar-refractivity contribution < 1.29 is 0 Å². The molecule has 0 saturated heterocycles. The zero-order valence-corrected chi connectivity index (χ0v) is 8.39. The van der Waals surface area contributed by atoms with Crippen LogP contribution in [0.5, 0.6) is 0 Å². The van der Waals surface area contributed by atoms with Crippen molar-refractivity contribution in [3.8, 4) is 0 Å². The molecule has 0 saturated carbocycles. The highest BCUT2D eigenvalue weighted by molar-refractivity contribution is 5.36. The molecule has 1 N–H and O–H groups in total. The number of hydrogen-bond donors (Lipinski definition) is 1. The summed E-state index contributed by atoms with van der Waals surface area (Å²) in [7, 11) is 1.88. The second-order valence-corrected chi connectivity index (χ2v) is 2.15. The molecule has 1 aromatic rings. The van der Waals surface area contributed by atoms with Gasteiger partial charge in [-0.05, 0) is 24.1 Å². The van der Waals surface area contributed by atoms with E-state index in [1.54, 1.807) is 0 Å². The maximum atomic E-state index is 4.09. The van der Waals surface area contributed by atoms with Crippen LogP contribution in [0, 0.1) is 0 Å². The molecule has 0 amide bonds. The lowest BCUT2D eigenvalue weighted by molar-refractivity contribution is 1.12. The molecule has 2 heteroatoms. The highest BCUT2D eigenvalue weighted by Gasteiger charge is 1.90. The molecule has 1 aromatic heterocycles. The Labute approximate surface area is 75.0 Å². The topological polar surface area (TPSA) is 24.9 Å². The third-order valence-electron chi connectivity index (χ3n) is 1.49. The first kappa shape index (κ1) is 11.0. The number of aromatic nitrogens is 1. The molecule has 0 atom stereocenters. The lowest BCUT2D eigenvalue weighted by Gasteiger charge is -1.99. The highest BCUT2D eigenvalue weighted by atomic mass is 14.9. The van der Waals surface area contributed by atoms with Gasteiger partial charge in [-0.2, -0.15) is 0 Å². The van der Waals surface area contributed by atoms with E-state index < -0.39 is 0 Å². The quantitative estimate of drug-likeness (QED) is 0.730. The zero-order chi connectivity index (χ0) is 9.40. The maximum absolute atomic E-state index is 4.09. The van der Waals surface area contributed by atoms with Gasteiger partial charge >= 0.3 is 0 Å². The van der Waals surface area contributed by atoms with Gasteiger partial charge in [0.25, 0.3) is 0 Å². The summed E-state index contributed by atoms with van der Waals surface area (Å²) in [5, 5.41) is 2.99. The number of hydrogen-bond acceptors (Lipinski definition) is 2. The summed E-state index contributed by atoms with van der Waals surface area (Å²) in [4.78, 5) is 4.09. The van der Waals surface area contributed by atoms with Crippen molar-refractivity contribution in [3.05, 3.63) is 23.9 Å². The van der Waals surface area contributed by atoms with Crippen LogP contribution in [0.1, 0.15) is 26.3 Å². The fraction of sp³-hybridized carbons (Fsp3) is 0.500. The Morgan fingerprint density at radius 3 is 2.58 bits per heavy atom. The van der Waals surface area contributed by atoms with E-state index in [1.807, 2.05) is 33.2 Å². The normalized spacial score (nSPS) is 8.33. The Kier molecular flexibility index (Phi) is 6.07. The van der Waals surface area contributed by atoms with Crippen molar-refractivity contribution in [3.63, 3.8) is 0 Å². The van der Waals surface area contributed by atoms with E-state index in [0.29, 0.717) is 0 Å². The summed E-state index contributed by atoms with van der Waals surface area (Å²) in [5.41, 5.74) is 1.32. The lowest BCUT2D eigenvalue weighted by atomic mass is 10.2. The third-order valence-corrected chi connectivity index (χ3v) is 1.49. The molecule has 12 heavy (non-hydrogen) atoms. The fourth-order valence-corrected chi connectivity index (χ4v) is 0.831. The molecule has 2 nitrogen and oxygen atoms in total. The number of aryl methyl sites for hydroxylation is 1. The average molecular weight is 166 g/mol. The van der Waals surface area contributed by atoms with E-state index in [0.717, 1.165) is 12.2 Å². The van der Waals surface area contributed by atoms with Gasteiger partial charge in [-0.3, -0.25) is 0 Å². The second-order valence-electron chi connectivity index (χ2n) is 2.15. The smallest absolute Gasteiger partial charge is 0.125 e. The minimum absolute atomic E-state index is 0.944. The molecule has 0 spiro atoms. The molecule has 0 radical (unpaired) electrons. The van der Waals surface area contributed by atoms with Crippen molar-refractivity contribution in [1.29, 1.82) is 0 Å². The van der Waals surface area contributed by atoms with Crippen LogP contribution in [-0.2, 0) is 6.42 Å². The van der Waals surface area contributed by atoms with Gasteiger partial charge in [-0.25, -0.2) is 4.98 Å². The monoisotopic (exact) mass is 166 g/mol. The van der Waals surface area contributed by atoms with E-state index in [2.05, 4.69) is 23.3 Å². The standard InChI is InChI=1S/C8H12N2.C2H6/c1-3-7-4-5-10-8(6-7)9-2;1-2/h4-6H,3H2,1-2H3,(H,9,10);1-2H3. The molecule has 0 aromatic carbocycles. The van der Waals surface area contributed by atoms with Gasteiger partial charge in [-0.15, -0.1) is 0 Å². The van der Waals surface area contributed by atoms with E-state index in [1.165, 1.54) is 5.56 Å². The molecule has 1 rings (SSSR count). The third kappa shape index (κ3) is 3.37. The summed E-state index contributed by atoms with van der Waals surface area (Å²) in [6.07, 6.45) is 2.89. The minimum Gasteiger partial charge on any atom is -0.373 e. The SMILES string of the molecule is CC.CCc1ccnc(NC)c1. The molecule has 1 heterocycles. The first-order valence-corrected chi connectivity index (χ1v) is 4.49. The summed E-state index contributed by atoms with van der Waals surface area (Å²) >= 11 is 0. The van der Waals surface area contributed by atoms with Crippen LogP contribution < -0.4 is 5.32 Å². The Balaban J connectivity index is 0.000000561. The predicted octanol–water partition coefficient (Wildman–Crippen LogP) is 2.71. The van der Waals surface area contributed by atoms with Gasteiger partial charge in [-0.1, -0.05) is 20.8 Å². The Morgan fingerprint density at radius 2 is 2.08 bits per heavy atom. The maximum Gasteiger partial charge on any atom is 0.125 e. The Hall–Kier alpha value is -1.05. The first-order valence-electron chi connectivity index (χ1n) is 4.49. The average Bonchev–Trinajstić information content (AvgIpc) is 2.21. The van der Waals surface area contributed by atoms with Crippen molar-refractivity contribution in [1.82, 2.24) is 4.98 Å². The zero-order valence-electron chi connectivity index (χ0n) is 8.39. The van der Waals surface area contributed by atoms with Crippen molar-refractivity contribution in [2.24, 2.45) is 0 Å². The van der Waals surface area contributed by atoms with Gasteiger partial charge in [0.2, 0.25) is 0 Å². The molecule has 0 aliphatic rings. The summed E-state index contributed by atoms with van der Waals surface area (Å²) < 4.78 is 0. The van der Waals surface area contributed by atoms with Gasteiger partial charge in [0.15, 0.2) is 0 Å². The first-order chi connectivity index (χ1) is 5.86. The number of anilines is 1. The van der Waals surface area contributed by atoms with E-state index in [9.17, 15) is 0 Å². The molecule has 0 aliphatic heterocycles. The van der Waals surface area contributed by atoms with E-state index in [4.69, 9.17) is 0 Å². The van der Waals surface area contributed by atoms with Gasteiger partial charge in [0, 0.05) is 13.2 Å². The summed E-state index contributed by atoms with van der Waals surface area (Å²) in [6.45, 7) is 6.13. The highest BCUT2D eigenvalue weighted by Crippen LogP contribution is 2.05. The molecule has 0 bridgehead atoms. The van der Waals surface area contributed by atoms with Gasteiger partial charge < -0.3 is 5.32 Å². The number of rotatable bonds is 2. The van der Waals surface area contributed by atoms with Crippen LogP contribution in [-0.4, -0.2) is 12.0 Å². The molecule has 0 fully saturated rings. The molecular formula is C10H18N2. The van der Waals surface area contributed by atoms with Crippen LogP contribution in [0.4, 0.5) is 5.82 Å². The number of nitrogens with zero attached hydrogens (tertiary/aromatic N) is 1. The molecule has 68 valence electrons. The Morgan fingerprint density at radius 1 is 1.42 bits per heavy atom. The molecular weight excluding hydrogens is 148 g/mol. The van der Waals surface area contributed by atoms with Crippen LogP contribution in [0.25, 0.3) is 0 Å². The van der Waals surface area contributed by atoms with Gasteiger partial charge in [0.05, 0.1) is 0 Å². The predicted molar refractivity (Wildman–Crippen MR) is 54.5 cm³/mol. The molecule has 0 unspecified atom stereocenters. The van der Waals surface area contributed by atoms with E-state index >= 15 is 0 Å². The lowest BCUT2D eigenvalue weighted by Crippen LogP contribution is -1.92. The summed E-state index contributed by atoms with van der Waals surface area (Å²) in [6, 6.07) is 4.08.